The molecule has 267 valence electrons. The molecular formula is C38H60Cl2N3O3Ru. The number of halogens is 2. The van der Waals surface area contributed by atoms with Crippen LogP contribution < -0.4 is 14.5 Å². The molecule has 1 amide bonds. The van der Waals surface area contributed by atoms with E-state index < -0.39 is 6.10 Å². The van der Waals surface area contributed by atoms with Gasteiger partial charge in [0, 0.05) is 31.6 Å². The summed E-state index contributed by atoms with van der Waals surface area (Å²) >= 11 is 6.36. The van der Waals surface area contributed by atoms with E-state index in [1.54, 1.807) is 7.05 Å². The van der Waals surface area contributed by atoms with Gasteiger partial charge in [-0.25, -0.2) is 0 Å². The van der Waals surface area contributed by atoms with Gasteiger partial charge in [0.2, 0.25) is 0 Å². The van der Waals surface area contributed by atoms with Gasteiger partial charge < -0.3 is 9.80 Å². The zero-order valence-corrected chi connectivity index (χ0v) is 32.8. The van der Waals surface area contributed by atoms with Crippen molar-refractivity contribution in [3.8, 4) is 5.75 Å². The zero-order chi connectivity index (χ0) is 34.2. The van der Waals surface area contributed by atoms with Gasteiger partial charge in [-0.15, -0.1) is 11.6 Å². The first-order chi connectivity index (χ1) is 21.7. The number of carbonyl (C=O) groups is 1. The van der Waals surface area contributed by atoms with Gasteiger partial charge in [0.05, 0.1) is 11.4 Å². The summed E-state index contributed by atoms with van der Waals surface area (Å²) in [6, 6.07) is 14.8. The Morgan fingerprint density at radius 3 is 2.21 bits per heavy atom. The molecule has 0 N–H and O–H groups in total. The molecule has 1 spiro atoms. The number of hydrogen-bond donors (Lipinski definition) is 0. The van der Waals surface area contributed by atoms with Gasteiger partial charge >= 0.3 is 131 Å². The molecule has 0 aromatic heterocycles. The van der Waals surface area contributed by atoms with Crippen molar-refractivity contribution in [3.05, 3.63) is 53.6 Å². The van der Waals surface area contributed by atoms with Crippen LogP contribution in [-0.4, -0.2) is 67.4 Å². The van der Waals surface area contributed by atoms with E-state index in [1.165, 1.54) is 67.6 Å². The quantitative estimate of drug-likeness (QED) is 0.137. The molecule has 1 saturated carbocycles. The van der Waals surface area contributed by atoms with Crippen LogP contribution in [0.4, 0.5) is 11.4 Å². The molecule has 0 radical (unpaired) electrons. The second-order valence-corrected chi connectivity index (χ2v) is 16.3. The van der Waals surface area contributed by atoms with Crippen LogP contribution in [0.5, 0.6) is 5.75 Å². The number of hydrogen-bond acceptors (Lipinski definition) is 5. The van der Waals surface area contributed by atoms with Gasteiger partial charge in [-0.2, -0.15) is 0 Å². The number of rotatable bonds is 10. The molecule has 6 nitrogen and oxygen atoms in total. The molecule has 1 heterocycles. The molecule has 1 aliphatic carbocycles. The van der Waals surface area contributed by atoms with Crippen molar-refractivity contribution in [2.75, 3.05) is 43.9 Å². The molecule has 2 aromatic carbocycles. The van der Waals surface area contributed by atoms with E-state index in [1.807, 2.05) is 42.7 Å². The third-order valence-corrected chi connectivity index (χ3v) is 11.1. The fraction of sp³-hybridized carbons (Fsp3) is 0.632. The Hall–Kier alpha value is -1.66. The Bertz CT molecular complexity index is 1280. The third-order valence-electron chi connectivity index (χ3n) is 9.60. The van der Waals surface area contributed by atoms with Gasteiger partial charge in [0.15, 0.2) is 0 Å². The molecule has 2 aromatic rings. The molecule has 2 unspecified atom stereocenters. The van der Waals surface area contributed by atoms with Crippen molar-refractivity contribution in [2.45, 2.75) is 111 Å². The van der Waals surface area contributed by atoms with Crippen molar-refractivity contribution in [1.82, 2.24) is 5.06 Å². The molecule has 47 heavy (non-hydrogen) atoms. The minimum absolute atomic E-state index is 0. The topological polar surface area (TPSA) is 45.2 Å². The van der Waals surface area contributed by atoms with Crippen molar-refractivity contribution in [1.29, 1.82) is 0 Å². The first kappa shape index (κ1) is 41.5. The number of carbonyl (C=O) groups excluding carboxylic acids is 1. The number of amides is 1. The standard InChI is InChI=1S/C23H37ClN2.C14H19NO3.CH4.ClH.Ru/c1-17(2)18-11-10-12-19(25(5)6)21(18)26-20(15-24)23(16-22(26,3)4)13-8-7-9-14-23;1-10(2)13(14(16)15(4)17-5)18-12-9-7-6-8-11(12)3;;;/h10-12,17,20H,7-9,13-16H2,1-6H3;3,6-10,13H,1-2,4-5H3;1H4;1H;/q;;;;+1/p-1. The van der Waals surface area contributed by atoms with Gasteiger partial charge in [0.1, 0.15) is 0 Å². The molecule has 0 bridgehead atoms. The normalized spacial score (nSPS) is 19.1. The van der Waals surface area contributed by atoms with Crippen molar-refractivity contribution < 1.29 is 30.1 Å². The maximum absolute atomic E-state index is 12.2. The fourth-order valence-electron chi connectivity index (χ4n) is 7.45. The van der Waals surface area contributed by atoms with Crippen LogP contribution in [0.2, 0.25) is 0 Å². The molecule has 2 atom stereocenters. The molecule has 1 aliphatic heterocycles. The van der Waals surface area contributed by atoms with E-state index in [0.717, 1.165) is 11.4 Å². The monoisotopic (exact) mass is 778 g/mol. The molecule has 4 rings (SSSR count). The summed E-state index contributed by atoms with van der Waals surface area (Å²) in [5.41, 5.74) is 5.63. The maximum atomic E-state index is 12.2. The Labute approximate surface area is 302 Å². The summed E-state index contributed by atoms with van der Waals surface area (Å²) in [5.74, 6) is 1.70. The summed E-state index contributed by atoms with van der Waals surface area (Å²) in [5, 5.41) is 1.18. The number of benzene rings is 2. The summed E-state index contributed by atoms with van der Waals surface area (Å²) < 4.78 is 7.83. The first-order valence-corrected chi connectivity index (χ1v) is 20.3. The van der Waals surface area contributed by atoms with Crippen LogP contribution in [0.3, 0.4) is 0 Å². The Morgan fingerprint density at radius 2 is 1.68 bits per heavy atom. The predicted octanol–water partition coefficient (Wildman–Crippen LogP) is 9.56. The van der Waals surface area contributed by atoms with Crippen LogP contribution in [0, 0.1) is 11.3 Å². The summed E-state index contributed by atoms with van der Waals surface area (Å²) in [6.07, 6.45) is 7.46. The number of nitrogens with zero attached hydrogens (tertiary/aromatic N) is 3. The van der Waals surface area contributed by atoms with Crippen molar-refractivity contribution >= 4 is 43.2 Å². The summed E-state index contributed by atoms with van der Waals surface area (Å²) in [4.78, 5) is 22.2. The van der Waals surface area contributed by atoms with E-state index in [2.05, 4.69) is 69.8 Å². The minimum atomic E-state index is -0.597. The van der Waals surface area contributed by atoms with E-state index in [4.69, 9.17) is 30.9 Å². The fourth-order valence-corrected chi connectivity index (χ4v) is 9.02. The molecule has 2 aliphatic rings. The Morgan fingerprint density at radius 1 is 1.04 bits per heavy atom. The first-order valence-electron chi connectivity index (χ1n) is 16.5. The van der Waals surface area contributed by atoms with Crippen molar-refractivity contribution in [2.24, 2.45) is 11.3 Å². The van der Waals surface area contributed by atoms with Gasteiger partial charge in [-0.05, 0) is 56.1 Å². The van der Waals surface area contributed by atoms with Gasteiger partial charge in [-0.3, -0.25) is 0 Å². The van der Waals surface area contributed by atoms with E-state index in [0.29, 0.717) is 23.1 Å². The molecule has 9 heteroatoms. The number of para-hydroxylation sites is 2. The molecular weight excluding hydrogens is 718 g/mol. The number of alkyl halides is 1. The second-order valence-electron chi connectivity index (χ2n) is 14.2. The molecule has 2 fully saturated rings. The van der Waals surface area contributed by atoms with E-state index in [9.17, 15) is 4.79 Å². The van der Waals surface area contributed by atoms with Crippen LogP contribution in [0.15, 0.2) is 42.5 Å². The predicted molar refractivity (Wildman–Crippen MR) is 199 cm³/mol. The van der Waals surface area contributed by atoms with Crippen LogP contribution >= 0.6 is 21.3 Å². The zero-order valence-electron chi connectivity index (χ0n) is 29.6. The molecule has 1 saturated heterocycles. The van der Waals surface area contributed by atoms with E-state index in [-0.39, 0.29) is 40.5 Å². The summed E-state index contributed by atoms with van der Waals surface area (Å²) in [7, 11) is 13.2. The van der Waals surface area contributed by atoms with Gasteiger partial charge in [-0.1, -0.05) is 52.7 Å². The third kappa shape index (κ3) is 9.74. The van der Waals surface area contributed by atoms with Crippen LogP contribution in [0.25, 0.3) is 0 Å². The second kappa shape index (κ2) is 18.4. The van der Waals surface area contributed by atoms with Crippen LogP contribution in [0.1, 0.15) is 105 Å². The number of anilines is 2. The Kier molecular flexibility index (Phi) is 16.2. The average Bonchev–Trinajstić information content (AvgIpc) is 3.24. The van der Waals surface area contributed by atoms with Crippen molar-refractivity contribution in [3.63, 3.8) is 0 Å². The number of likely N-dealkylation sites (N-methyl/N-ethyl adjacent to an activating group) is 1. The SMILES string of the molecule is C.CC(C)c1cccc(N(C)C)c1N1C(CCl)C2(CCCCC2)CC1(C)C.CON(C)C(=O)C(Oc1ccccc1[CH]=[Ru][Cl])C(C)C. The van der Waals surface area contributed by atoms with Gasteiger partial charge in [0.25, 0.3) is 0 Å². The van der Waals surface area contributed by atoms with Crippen LogP contribution in [-0.2, 0) is 25.3 Å². The number of hydroxylamine groups is 2. The van der Waals surface area contributed by atoms with E-state index >= 15 is 0 Å². The Balaban J connectivity index is 0.000000332. The number of ether oxygens (including phenoxy) is 1. The average molecular weight is 779 g/mol. The summed E-state index contributed by atoms with van der Waals surface area (Å²) in [6.45, 7) is 13.4.